The lowest BCUT2D eigenvalue weighted by Crippen LogP contribution is -2.64. The molecule has 0 aliphatic carbocycles. The molecule has 2 fully saturated rings. The molecule has 0 bridgehead atoms. The third kappa shape index (κ3) is 3.28. The Morgan fingerprint density at radius 1 is 1.04 bits per heavy atom. The van der Waals surface area contributed by atoms with E-state index in [4.69, 9.17) is 11.6 Å². The second-order valence-electron chi connectivity index (χ2n) is 6.77. The largest absolute Gasteiger partial charge is 0.333 e. The van der Waals surface area contributed by atoms with Gasteiger partial charge in [0.15, 0.2) is 0 Å². The summed E-state index contributed by atoms with van der Waals surface area (Å²) < 4.78 is 27.4. The minimum absolute atomic E-state index is 0.0665. The van der Waals surface area contributed by atoms with Crippen molar-refractivity contribution in [2.24, 2.45) is 0 Å². The van der Waals surface area contributed by atoms with E-state index >= 15 is 0 Å². The van der Waals surface area contributed by atoms with Gasteiger partial charge in [-0.25, -0.2) is 13.2 Å². The molecule has 2 aromatic carbocycles. The maximum atomic E-state index is 13.1. The van der Waals surface area contributed by atoms with Gasteiger partial charge >= 0.3 is 6.03 Å². The van der Waals surface area contributed by atoms with Crippen LogP contribution in [0.3, 0.4) is 0 Å². The van der Waals surface area contributed by atoms with Crippen molar-refractivity contribution in [2.45, 2.75) is 29.9 Å². The lowest BCUT2D eigenvalue weighted by atomic mass is 10.1. The number of nitrogens with zero attached hydrogens (tertiary/aromatic N) is 2. The first kappa shape index (κ1) is 18.9. The number of nitrogens with one attached hydrogen (secondary N) is 1. The molecule has 0 spiro atoms. The number of urea groups is 1. The topological polar surface area (TPSA) is 86.8 Å². The fraction of sp³-hybridized carbons (Fsp3) is 0.263. The van der Waals surface area contributed by atoms with E-state index in [1.165, 1.54) is 28.6 Å². The van der Waals surface area contributed by atoms with Crippen LogP contribution in [0.5, 0.6) is 0 Å². The van der Waals surface area contributed by atoms with Gasteiger partial charge in [-0.2, -0.15) is 4.31 Å². The van der Waals surface area contributed by atoms with Crippen LogP contribution >= 0.6 is 11.6 Å². The molecule has 1 N–H and O–H groups in total. The third-order valence-corrected chi connectivity index (χ3v) is 7.18. The summed E-state index contributed by atoms with van der Waals surface area (Å²) in [5, 5.41) is 3.20. The second kappa shape index (κ2) is 7.20. The predicted octanol–water partition coefficient (Wildman–Crippen LogP) is 2.22. The maximum Gasteiger partial charge on any atom is 0.324 e. The van der Waals surface area contributed by atoms with Gasteiger partial charge in [-0.3, -0.25) is 9.69 Å². The second-order valence-corrected chi connectivity index (χ2v) is 9.10. The Hall–Kier alpha value is -2.42. The molecule has 2 aliphatic heterocycles. The average Bonchev–Trinajstić information content (AvgIpc) is 3.11. The first-order valence-corrected chi connectivity index (χ1v) is 10.6. The van der Waals surface area contributed by atoms with Crippen LogP contribution in [0.25, 0.3) is 0 Å². The molecule has 2 unspecified atom stereocenters. The van der Waals surface area contributed by atoms with Gasteiger partial charge in [-0.05, 0) is 36.2 Å². The van der Waals surface area contributed by atoms with Crippen molar-refractivity contribution in [1.82, 2.24) is 14.5 Å². The van der Waals surface area contributed by atoms with Crippen molar-refractivity contribution in [1.29, 1.82) is 0 Å². The highest BCUT2D eigenvalue weighted by Gasteiger charge is 2.51. The van der Waals surface area contributed by atoms with Crippen LogP contribution in [0.4, 0.5) is 4.79 Å². The average molecular weight is 420 g/mol. The molecule has 28 heavy (non-hydrogen) atoms. The lowest BCUT2D eigenvalue weighted by molar-refractivity contribution is -0.134. The number of rotatable bonds is 4. The predicted molar refractivity (Wildman–Crippen MR) is 103 cm³/mol. The molecule has 7 nitrogen and oxygen atoms in total. The van der Waals surface area contributed by atoms with Gasteiger partial charge < -0.3 is 5.32 Å². The highest BCUT2D eigenvalue weighted by Crippen LogP contribution is 2.31. The van der Waals surface area contributed by atoms with Crippen LogP contribution in [0.15, 0.2) is 59.5 Å². The summed E-state index contributed by atoms with van der Waals surface area (Å²) >= 11 is 5.85. The van der Waals surface area contributed by atoms with Gasteiger partial charge in [0.25, 0.3) is 5.91 Å². The zero-order valence-corrected chi connectivity index (χ0v) is 16.4. The van der Waals surface area contributed by atoms with Gasteiger partial charge in [0, 0.05) is 11.6 Å². The number of benzene rings is 2. The van der Waals surface area contributed by atoms with E-state index in [1.54, 1.807) is 0 Å². The Morgan fingerprint density at radius 2 is 1.71 bits per heavy atom. The number of fused-ring (bicyclic) bond motifs is 1. The monoisotopic (exact) mass is 419 g/mol. The molecule has 4 rings (SSSR count). The van der Waals surface area contributed by atoms with Crippen LogP contribution in [0.1, 0.15) is 12.0 Å². The van der Waals surface area contributed by atoms with Crippen LogP contribution in [0, 0.1) is 0 Å². The number of imide groups is 1. The van der Waals surface area contributed by atoms with Gasteiger partial charge in [-0.15, -0.1) is 0 Å². The van der Waals surface area contributed by atoms with Crippen molar-refractivity contribution < 1.29 is 18.0 Å². The molecular weight excluding hydrogens is 402 g/mol. The van der Waals surface area contributed by atoms with Crippen LogP contribution in [-0.2, 0) is 21.4 Å². The smallest absolute Gasteiger partial charge is 0.324 e. The fourth-order valence-corrected chi connectivity index (χ4v) is 5.39. The Kier molecular flexibility index (Phi) is 4.86. The molecule has 2 atom stereocenters. The minimum Gasteiger partial charge on any atom is -0.333 e. The van der Waals surface area contributed by atoms with E-state index in [0.717, 1.165) is 10.5 Å². The molecular formula is C19H18ClN3O4S. The summed E-state index contributed by atoms with van der Waals surface area (Å²) in [6.07, 6.45) is 0.383. The number of sulfonamides is 1. The molecule has 2 heterocycles. The molecule has 146 valence electrons. The summed E-state index contributed by atoms with van der Waals surface area (Å²) in [6.45, 7) is 0.245. The van der Waals surface area contributed by atoms with E-state index in [9.17, 15) is 18.0 Å². The molecule has 2 aromatic rings. The Bertz CT molecular complexity index is 1010. The van der Waals surface area contributed by atoms with Gasteiger partial charge in [0.2, 0.25) is 10.0 Å². The van der Waals surface area contributed by atoms with Crippen molar-refractivity contribution in [3.63, 3.8) is 0 Å². The van der Waals surface area contributed by atoms with Crippen LogP contribution in [-0.4, -0.2) is 48.2 Å². The standard InChI is InChI=1S/C19H18ClN3O4S/c20-14-6-8-15(9-7-14)28(26,27)23-11-10-16-17(23)18(24)22(19(25)21-16)12-13-4-2-1-3-5-13/h1-9,16-17H,10-12H2,(H,21,25). The Balaban J connectivity index is 1.63. The van der Waals surface area contributed by atoms with Gasteiger partial charge in [0.05, 0.1) is 17.5 Å². The molecule has 9 heteroatoms. The van der Waals surface area contributed by atoms with Crippen molar-refractivity contribution >= 4 is 33.6 Å². The first-order chi connectivity index (χ1) is 13.4. The number of hydrogen-bond donors (Lipinski definition) is 1. The zero-order chi connectivity index (χ0) is 19.9. The summed E-state index contributed by atoms with van der Waals surface area (Å²) in [4.78, 5) is 26.7. The van der Waals surface area contributed by atoms with E-state index in [1.807, 2.05) is 30.3 Å². The van der Waals surface area contributed by atoms with Crippen molar-refractivity contribution in [2.75, 3.05) is 6.54 Å². The van der Waals surface area contributed by atoms with Crippen molar-refractivity contribution in [3.05, 3.63) is 65.2 Å². The minimum atomic E-state index is -3.90. The van der Waals surface area contributed by atoms with E-state index in [0.29, 0.717) is 11.4 Å². The summed E-state index contributed by atoms with van der Waals surface area (Å²) in [5.74, 6) is -0.507. The molecule has 2 aliphatic rings. The summed E-state index contributed by atoms with van der Waals surface area (Å²) in [6, 6.07) is 12.9. The quantitative estimate of drug-likeness (QED) is 0.823. The van der Waals surface area contributed by atoms with Crippen molar-refractivity contribution in [3.8, 4) is 0 Å². The lowest BCUT2D eigenvalue weighted by Gasteiger charge is -2.36. The maximum absolute atomic E-state index is 13.1. The highest BCUT2D eigenvalue weighted by atomic mass is 35.5. The molecule has 2 saturated heterocycles. The van der Waals surface area contributed by atoms with Gasteiger partial charge in [-0.1, -0.05) is 41.9 Å². The number of carbonyl (C=O) groups is 2. The number of hydrogen-bond acceptors (Lipinski definition) is 4. The number of amides is 3. The van der Waals surface area contributed by atoms with Crippen LogP contribution < -0.4 is 5.32 Å². The Labute approximate surface area is 167 Å². The van der Waals surface area contributed by atoms with E-state index < -0.39 is 34.0 Å². The first-order valence-electron chi connectivity index (χ1n) is 8.81. The molecule has 3 amide bonds. The molecule has 0 radical (unpaired) electrons. The number of carbonyl (C=O) groups excluding carboxylic acids is 2. The van der Waals surface area contributed by atoms with E-state index in [-0.39, 0.29) is 18.0 Å². The molecule has 0 saturated carbocycles. The Morgan fingerprint density at radius 3 is 2.39 bits per heavy atom. The highest BCUT2D eigenvalue weighted by molar-refractivity contribution is 7.89. The normalized spacial score (nSPS) is 22.8. The van der Waals surface area contributed by atoms with Crippen LogP contribution in [0.2, 0.25) is 5.02 Å². The van der Waals surface area contributed by atoms with E-state index in [2.05, 4.69) is 5.32 Å². The molecule has 0 aromatic heterocycles. The zero-order valence-electron chi connectivity index (χ0n) is 14.8. The van der Waals surface area contributed by atoms with Gasteiger partial charge in [0.1, 0.15) is 6.04 Å². The summed E-state index contributed by atoms with van der Waals surface area (Å²) in [7, 11) is -3.90. The summed E-state index contributed by atoms with van der Waals surface area (Å²) in [5.41, 5.74) is 0.787. The fourth-order valence-electron chi connectivity index (χ4n) is 3.63. The SMILES string of the molecule is O=C1NC2CCN(S(=O)(=O)c3ccc(Cl)cc3)C2C(=O)N1Cc1ccccc1. The third-order valence-electron chi connectivity index (χ3n) is 5.03. The number of halogens is 1.